The highest BCUT2D eigenvalue weighted by Crippen LogP contribution is 2.38. The van der Waals surface area contributed by atoms with Gasteiger partial charge in [-0.25, -0.2) is 4.79 Å². The predicted octanol–water partition coefficient (Wildman–Crippen LogP) is 6.30. The molecule has 1 saturated heterocycles. The van der Waals surface area contributed by atoms with E-state index in [4.69, 9.17) is 4.74 Å². The van der Waals surface area contributed by atoms with Crippen molar-refractivity contribution < 1.29 is 9.53 Å². The summed E-state index contributed by atoms with van der Waals surface area (Å²) < 4.78 is 5.68. The van der Waals surface area contributed by atoms with Crippen molar-refractivity contribution >= 4 is 11.7 Å². The fraction of sp³-hybridized carbons (Fsp3) is 0.400. The zero-order valence-corrected chi connectivity index (χ0v) is 17.0. The lowest BCUT2D eigenvalue weighted by Gasteiger charge is -2.45. The summed E-state index contributed by atoms with van der Waals surface area (Å²) in [6.07, 6.45) is 6.26. The Kier molecular flexibility index (Phi) is 5.01. The Labute approximate surface area is 168 Å². The molecule has 3 nitrogen and oxygen atoms in total. The molecular weight excluding hydrogens is 346 g/mol. The van der Waals surface area contributed by atoms with E-state index < -0.39 is 5.60 Å². The van der Waals surface area contributed by atoms with Crippen LogP contribution in [0.3, 0.4) is 0 Å². The third kappa shape index (κ3) is 3.99. The number of benzene rings is 2. The fourth-order valence-electron chi connectivity index (χ4n) is 4.35. The standard InChI is InChI=1S/C25H29NO2/c1-25(2,3)28-24(27)26-22-10-7-11-23(26)17-21(16-22)20-14-12-19(13-15-20)18-8-5-4-6-9-18/h4-6,8-9,12-16,22-23H,7,10-11,17H2,1-3H3. The quantitative estimate of drug-likeness (QED) is 0.616. The number of rotatable bonds is 2. The van der Waals surface area contributed by atoms with E-state index in [9.17, 15) is 4.79 Å². The molecule has 4 rings (SSSR count). The second-order valence-corrected chi connectivity index (χ2v) is 8.88. The Bertz CT molecular complexity index is 862. The topological polar surface area (TPSA) is 29.5 Å². The molecule has 2 aromatic carbocycles. The number of piperidine rings is 1. The molecule has 0 spiro atoms. The van der Waals surface area contributed by atoms with Crippen molar-refractivity contribution in [1.29, 1.82) is 0 Å². The molecule has 0 aliphatic carbocycles. The molecule has 2 aromatic rings. The zero-order chi connectivity index (χ0) is 19.7. The largest absolute Gasteiger partial charge is 0.444 e. The average molecular weight is 376 g/mol. The van der Waals surface area contributed by atoms with Gasteiger partial charge in [-0.1, -0.05) is 60.7 Å². The highest BCUT2D eigenvalue weighted by molar-refractivity contribution is 5.76. The van der Waals surface area contributed by atoms with Crippen LogP contribution in [0.2, 0.25) is 0 Å². The van der Waals surface area contributed by atoms with Crippen LogP contribution >= 0.6 is 0 Å². The SMILES string of the molecule is CC(C)(C)OC(=O)N1C2C=C(c3ccc(-c4ccccc4)cc3)CC1CCC2. The number of hydrogen-bond donors (Lipinski definition) is 0. The molecule has 28 heavy (non-hydrogen) atoms. The van der Waals surface area contributed by atoms with Crippen molar-refractivity contribution in [2.75, 3.05) is 0 Å². The number of nitrogens with zero attached hydrogens (tertiary/aromatic N) is 1. The van der Waals surface area contributed by atoms with Gasteiger partial charge >= 0.3 is 6.09 Å². The molecule has 0 N–H and O–H groups in total. The van der Waals surface area contributed by atoms with E-state index in [2.05, 4.69) is 54.6 Å². The Morgan fingerprint density at radius 1 is 0.929 bits per heavy atom. The summed E-state index contributed by atoms with van der Waals surface area (Å²) >= 11 is 0. The molecule has 1 amide bonds. The maximum absolute atomic E-state index is 12.7. The number of carbonyl (C=O) groups is 1. The molecule has 146 valence electrons. The molecule has 1 fully saturated rings. The summed E-state index contributed by atoms with van der Waals surface area (Å²) in [5, 5.41) is 0. The summed E-state index contributed by atoms with van der Waals surface area (Å²) in [6.45, 7) is 5.79. The first-order valence-electron chi connectivity index (χ1n) is 10.3. The van der Waals surface area contributed by atoms with Crippen LogP contribution in [0.5, 0.6) is 0 Å². The lowest BCUT2D eigenvalue weighted by Crippen LogP contribution is -2.53. The summed E-state index contributed by atoms with van der Waals surface area (Å²) in [5.41, 5.74) is 4.63. The Balaban J connectivity index is 1.56. The molecule has 2 aliphatic rings. The number of carbonyl (C=O) groups excluding carboxylic acids is 1. The van der Waals surface area contributed by atoms with Crippen LogP contribution in [-0.4, -0.2) is 28.7 Å². The van der Waals surface area contributed by atoms with E-state index in [1.54, 1.807) is 0 Å². The van der Waals surface area contributed by atoms with Crippen molar-refractivity contribution in [3.8, 4) is 11.1 Å². The molecule has 0 aromatic heterocycles. The monoisotopic (exact) mass is 375 g/mol. The number of amides is 1. The van der Waals surface area contributed by atoms with Crippen LogP contribution in [-0.2, 0) is 4.74 Å². The second-order valence-electron chi connectivity index (χ2n) is 8.88. The molecule has 2 atom stereocenters. The van der Waals surface area contributed by atoms with Crippen LogP contribution in [0.4, 0.5) is 4.79 Å². The first kappa shape index (κ1) is 18.8. The van der Waals surface area contributed by atoms with Crippen molar-refractivity contribution in [3.05, 3.63) is 66.2 Å². The van der Waals surface area contributed by atoms with Gasteiger partial charge in [-0.2, -0.15) is 0 Å². The second kappa shape index (κ2) is 7.46. The first-order chi connectivity index (χ1) is 13.4. The summed E-state index contributed by atoms with van der Waals surface area (Å²) in [7, 11) is 0. The van der Waals surface area contributed by atoms with E-state index in [-0.39, 0.29) is 18.2 Å². The zero-order valence-electron chi connectivity index (χ0n) is 17.0. The lowest BCUT2D eigenvalue weighted by atomic mass is 9.83. The molecule has 0 radical (unpaired) electrons. The maximum atomic E-state index is 12.7. The minimum absolute atomic E-state index is 0.145. The van der Waals surface area contributed by atoms with Gasteiger partial charge in [0.15, 0.2) is 0 Å². The average Bonchev–Trinajstić information content (AvgIpc) is 2.66. The van der Waals surface area contributed by atoms with Crippen LogP contribution in [0.1, 0.15) is 52.0 Å². The normalized spacial score (nSPS) is 21.8. The van der Waals surface area contributed by atoms with Gasteiger partial charge in [0.25, 0.3) is 0 Å². The Hall–Kier alpha value is -2.55. The third-order valence-electron chi connectivity index (χ3n) is 5.60. The molecule has 0 saturated carbocycles. The van der Waals surface area contributed by atoms with Crippen molar-refractivity contribution in [2.24, 2.45) is 0 Å². The van der Waals surface area contributed by atoms with Gasteiger partial charge in [0.2, 0.25) is 0 Å². The maximum Gasteiger partial charge on any atom is 0.411 e. The van der Waals surface area contributed by atoms with Crippen LogP contribution in [0.25, 0.3) is 16.7 Å². The number of ether oxygens (including phenoxy) is 1. The smallest absolute Gasteiger partial charge is 0.411 e. The molecule has 3 heteroatoms. The van der Waals surface area contributed by atoms with Gasteiger partial charge in [0, 0.05) is 6.04 Å². The molecule has 2 heterocycles. The summed E-state index contributed by atoms with van der Waals surface area (Å²) in [4.78, 5) is 14.7. The Morgan fingerprint density at radius 2 is 1.57 bits per heavy atom. The van der Waals surface area contributed by atoms with Crippen LogP contribution in [0, 0.1) is 0 Å². The van der Waals surface area contributed by atoms with Gasteiger partial charge in [0.1, 0.15) is 5.60 Å². The first-order valence-corrected chi connectivity index (χ1v) is 10.3. The van der Waals surface area contributed by atoms with Gasteiger partial charge < -0.3 is 4.74 Å². The van der Waals surface area contributed by atoms with Gasteiger partial charge in [-0.05, 0) is 68.7 Å². The van der Waals surface area contributed by atoms with E-state index in [1.165, 1.54) is 28.7 Å². The molecule has 2 unspecified atom stereocenters. The van der Waals surface area contributed by atoms with Crippen molar-refractivity contribution in [1.82, 2.24) is 4.90 Å². The van der Waals surface area contributed by atoms with Gasteiger partial charge in [-0.3, -0.25) is 4.90 Å². The fourth-order valence-corrected chi connectivity index (χ4v) is 4.35. The lowest BCUT2D eigenvalue weighted by molar-refractivity contribution is 0.0000856. The molecule has 2 bridgehead atoms. The third-order valence-corrected chi connectivity index (χ3v) is 5.60. The van der Waals surface area contributed by atoms with E-state index in [0.29, 0.717) is 0 Å². The molecular formula is C25H29NO2. The van der Waals surface area contributed by atoms with Crippen molar-refractivity contribution in [2.45, 2.75) is 64.1 Å². The molecule has 2 aliphatic heterocycles. The van der Waals surface area contributed by atoms with E-state index >= 15 is 0 Å². The minimum Gasteiger partial charge on any atom is -0.444 e. The van der Waals surface area contributed by atoms with Crippen molar-refractivity contribution in [3.63, 3.8) is 0 Å². The van der Waals surface area contributed by atoms with Crippen LogP contribution < -0.4 is 0 Å². The number of fused-ring (bicyclic) bond motifs is 2. The van der Waals surface area contributed by atoms with E-state index in [0.717, 1.165) is 19.3 Å². The predicted molar refractivity (Wildman–Crippen MR) is 114 cm³/mol. The summed E-state index contributed by atoms with van der Waals surface area (Å²) in [6, 6.07) is 19.7. The van der Waals surface area contributed by atoms with Gasteiger partial charge in [0.05, 0.1) is 6.04 Å². The van der Waals surface area contributed by atoms with Crippen LogP contribution in [0.15, 0.2) is 60.7 Å². The Morgan fingerprint density at radius 3 is 2.21 bits per heavy atom. The van der Waals surface area contributed by atoms with Gasteiger partial charge in [-0.15, -0.1) is 0 Å². The number of hydrogen-bond acceptors (Lipinski definition) is 2. The highest BCUT2D eigenvalue weighted by Gasteiger charge is 2.39. The highest BCUT2D eigenvalue weighted by atomic mass is 16.6. The van der Waals surface area contributed by atoms with E-state index in [1.807, 2.05) is 31.7 Å². The summed E-state index contributed by atoms with van der Waals surface area (Å²) in [5.74, 6) is 0. The minimum atomic E-state index is -0.456.